The maximum atomic E-state index is 13.0. The van der Waals surface area contributed by atoms with Crippen LogP contribution in [0.5, 0.6) is 0 Å². The Bertz CT molecular complexity index is 1410. The standard InChI is InChI=1S/C28H30Cl2N4O4S/c1-18-13-21(28(36)32-12-11-26(31)35)15-24(14-18)34(39(2,37)38)25-16-33(17-25)27(19-3-7-22(29)8-4-19)20-5-9-23(30)10-6-20/h3-10,13-15,25,27H,11-12,16-17H2,1-2H3,(H2,31,35)(H,32,36). The molecule has 0 saturated carbocycles. The second-order valence-corrected chi connectivity index (χ2v) is 12.4. The van der Waals surface area contributed by atoms with Crippen molar-refractivity contribution in [1.29, 1.82) is 0 Å². The van der Waals surface area contributed by atoms with E-state index in [9.17, 15) is 18.0 Å². The van der Waals surface area contributed by atoms with E-state index < -0.39 is 21.8 Å². The number of amides is 2. The van der Waals surface area contributed by atoms with Crippen LogP contribution in [0, 0.1) is 6.92 Å². The van der Waals surface area contributed by atoms with Crippen molar-refractivity contribution in [2.45, 2.75) is 25.4 Å². The molecule has 1 aliphatic rings. The van der Waals surface area contributed by atoms with Gasteiger partial charge in [-0.1, -0.05) is 47.5 Å². The lowest BCUT2D eigenvalue weighted by Gasteiger charge is -2.49. The van der Waals surface area contributed by atoms with Gasteiger partial charge in [-0.05, 0) is 66.1 Å². The van der Waals surface area contributed by atoms with Gasteiger partial charge < -0.3 is 11.1 Å². The van der Waals surface area contributed by atoms with E-state index in [1.807, 2.05) is 48.5 Å². The van der Waals surface area contributed by atoms with Crippen molar-refractivity contribution in [3.05, 3.63) is 99.0 Å². The van der Waals surface area contributed by atoms with Gasteiger partial charge in [-0.25, -0.2) is 8.42 Å². The Morgan fingerprint density at radius 2 is 1.54 bits per heavy atom. The van der Waals surface area contributed by atoms with E-state index in [2.05, 4.69) is 10.2 Å². The Morgan fingerprint density at radius 1 is 1.00 bits per heavy atom. The fourth-order valence-corrected chi connectivity index (χ4v) is 6.26. The van der Waals surface area contributed by atoms with Crippen molar-refractivity contribution >= 4 is 50.7 Å². The van der Waals surface area contributed by atoms with Crippen molar-refractivity contribution in [3.63, 3.8) is 0 Å². The number of hydrogen-bond donors (Lipinski definition) is 2. The Labute approximate surface area is 238 Å². The van der Waals surface area contributed by atoms with Crippen LogP contribution in [0.4, 0.5) is 5.69 Å². The van der Waals surface area contributed by atoms with Crippen LogP contribution in [0.1, 0.15) is 39.5 Å². The molecule has 0 radical (unpaired) electrons. The maximum Gasteiger partial charge on any atom is 0.251 e. The topological polar surface area (TPSA) is 113 Å². The summed E-state index contributed by atoms with van der Waals surface area (Å²) in [6, 6.07) is 19.7. The number of hydrogen-bond acceptors (Lipinski definition) is 5. The van der Waals surface area contributed by atoms with Gasteiger partial charge in [-0.15, -0.1) is 0 Å². The molecule has 3 aromatic rings. The molecule has 0 aliphatic carbocycles. The Hall–Kier alpha value is -3.11. The number of benzene rings is 3. The minimum Gasteiger partial charge on any atom is -0.370 e. The lowest BCUT2D eigenvalue weighted by atomic mass is 9.93. The molecule has 3 N–H and O–H groups in total. The van der Waals surface area contributed by atoms with Crippen molar-refractivity contribution in [2.24, 2.45) is 5.73 Å². The van der Waals surface area contributed by atoms with Crippen molar-refractivity contribution in [3.8, 4) is 0 Å². The number of halogens is 2. The highest BCUT2D eigenvalue weighted by Crippen LogP contribution is 2.37. The van der Waals surface area contributed by atoms with Crippen LogP contribution in [0.3, 0.4) is 0 Å². The van der Waals surface area contributed by atoms with Crippen LogP contribution < -0.4 is 15.4 Å². The van der Waals surface area contributed by atoms with Crippen LogP contribution in [-0.4, -0.2) is 57.1 Å². The second-order valence-electron chi connectivity index (χ2n) is 9.70. The summed E-state index contributed by atoms with van der Waals surface area (Å²) in [6.45, 7) is 2.84. The third-order valence-corrected chi connectivity index (χ3v) is 8.28. The van der Waals surface area contributed by atoms with E-state index >= 15 is 0 Å². The molecule has 2 amide bonds. The van der Waals surface area contributed by atoms with Gasteiger partial charge >= 0.3 is 0 Å². The van der Waals surface area contributed by atoms with Crippen molar-refractivity contribution in [2.75, 3.05) is 30.2 Å². The molecule has 1 saturated heterocycles. The minimum absolute atomic E-state index is 0.0141. The van der Waals surface area contributed by atoms with Gasteiger partial charge in [0.1, 0.15) is 0 Å². The molecule has 0 aromatic heterocycles. The third kappa shape index (κ3) is 7.10. The Balaban J connectivity index is 1.60. The third-order valence-electron chi connectivity index (χ3n) is 6.55. The number of carbonyl (C=O) groups excluding carboxylic acids is 2. The summed E-state index contributed by atoms with van der Waals surface area (Å²) in [5.41, 5.74) is 8.65. The molecule has 1 aliphatic heterocycles. The molecular weight excluding hydrogens is 559 g/mol. The van der Waals surface area contributed by atoms with E-state index in [-0.39, 0.29) is 25.0 Å². The zero-order valence-corrected chi connectivity index (χ0v) is 23.9. The number of anilines is 1. The monoisotopic (exact) mass is 588 g/mol. The predicted octanol–water partition coefficient (Wildman–Crippen LogP) is 4.15. The number of nitrogens with zero attached hydrogens (tertiary/aromatic N) is 2. The molecule has 0 unspecified atom stereocenters. The molecule has 11 heteroatoms. The number of likely N-dealkylation sites (tertiary alicyclic amines) is 1. The van der Waals surface area contributed by atoms with Gasteiger partial charge in [0.25, 0.3) is 5.91 Å². The average molecular weight is 590 g/mol. The number of rotatable bonds is 10. The highest BCUT2D eigenvalue weighted by Gasteiger charge is 2.41. The number of aryl methyl sites for hydroxylation is 1. The Morgan fingerprint density at radius 3 is 2.03 bits per heavy atom. The lowest BCUT2D eigenvalue weighted by molar-refractivity contribution is -0.117. The highest BCUT2D eigenvalue weighted by atomic mass is 35.5. The zero-order valence-electron chi connectivity index (χ0n) is 21.6. The molecule has 39 heavy (non-hydrogen) atoms. The molecule has 3 aromatic carbocycles. The van der Waals surface area contributed by atoms with Crippen LogP contribution in [0.2, 0.25) is 10.0 Å². The molecule has 4 rings (SSSR count). The summed E-state index contributed by atoms with van der Waals surface area (Å²) in [6.07, 6.45) is 1.18. The van der Waals surface area contributed by atoms with Gasteiger partial charge in [0.15, 0.2) is 0 Å². The van der Waals surface area contributed by atoms with Gasteiger partial charge in [-0.2, -0.15) is 0 Å². The van der Waals surface area contributed by atoms with Crippen LogP contribution in [0.15, 0.2) is 66.7 Å². The highest BCUT2D eigenvalue weighted by molar-refractivity contribution is 7.92. The fraction of sp³-hybridized carbons (Fsp3) is 0.286. The summed E-state index contributed by atoms with van der Waals surface area (Å²) in [5, 5.41) is 3.91. The van der Waals surface area contributed by atoms with Gasteiger partial charge in [-0.3, -0.25) is 18.8 Å². The first-order valence-electron chi connectivity index (χ1n) is 12.3. The first-order chi connectivity index (χ1) is 18.4. The molecular formula is C28H30Cl2N4O4S. The van der Waals surface area contributed by atoms with E-state index in [0.717, 1.165) is 16.7 Å². The largest absolute Gasteiger partial charge is 0.370 e. The van der Waals surface area contributed by atoms with Gasteiger partial charge in [0, 0.05) is 41.7 Å². The zero-order chi connectivity index (χ0) is 28.3. The van der Waals surface area contributed by atoms with Gasteiger partial charge in [0.05, 0.1) is 24.0 Å². The molecule has 206 valence electrons. The number of nitrogens with one attached hydrogen (secondary N) is 1. The van der Waals surface area contributed by atoms with Crippen LogP contribution in [-0.2, 0) is 14.8 Å². The quantitative estimate of drug-likeness (QED) is 0.369. The molecule has 1 fully saturated rings. The van der Waals surface area contributed by atoms with Crippen molar-refractivity contribution in [1.82, 2.24) is 10.2 Å². The SMILES string of the molecule is Cc1cc(C(=O)NCCC(N)=O)cc(N(C2CN(C(c3ccc(Cl)cc3)c3ccc(Cl)cc3)C2)S(C)(=O)=O)c1. The first kappa shape index (κ1) is 28.9. The summed E-state index contributed by atoms with van der Waals surface area (Å²) < 4.78 is 27.4. The summed E-state index contributed by atoms with van der Waals surface area (Å²) >= 11 is 12.3. The smallest absolute Gasteiger partial charge is 0.251 e. The summed E-state index contributed by atoms with van der Waals surface area (Å²) in [4.78, 5) is 25.9. The molecule has 0 atom stereocenters. The van der Waals surface area contributed by atoms with Crippen LogP contribution >= 0.6 is 23.2 Å². The Kier molecular flexibility index (Phi) is 8.86. The van der Waals surface area contributed by atoms with E-state index in [4.69, 9.17) is 28.9 Å². The summed E-state index contributed by atoms with van der Waals surface area (Å²) in [7, 11) is -3.68. The first-order valence-corrected chi connectivity index (χ1v) is 15.0. The molecule has 0 bridgehead atoms. The van der Waals surface area contributed by atoms with Crippen molar-refractivity contribution < 1.29 is 18.0 Å². The van der Waals surface area contributed by atoms with E-state index in [1.165, 1.54) is 10.6 Å². The van der Waals surface area contributed by atoms with E-state index in [0.29, 0.717) is 34.4 Å². The summed E-state index contributed by atoms with van der Waals surface area (Å²) in [5.74, 6) is -0.927. The molecule has 8 nitrogen and oxygen atoms in total. The number of sulfonamides is 1. The fourth-order valence-electron chi connectivity index (χ4n) is 4.85. The van der Waals surface area contributed by atoms with Gasteiger partial charge in [0.2, 0.25) is 15.9 Å². The second kappa shape index (κ2) is 12.0. The number of nitrogens with two attached hydrogens (primary N) is 1. The number of primary amides is 1. The number of carbonyl (C=O) groups is 2. The predicted molar refractivity (Wildman–Crippen MR) is 155 cm³/mol. The van der Waals surface area contributed by atoms with Crippen LogP contribution in [0.25, 0.3) is 0 Å². The lowest BCUT2D eigenvalue weighted by Crippen LogP contribution is -2.61. The average Bonchev–Trinajstić information content (AvgIpc) is 2.83. The normalized spacial score (nSPS) is 14.2. The minimum atomic E-state index is -3.68. The van der Waals surface area contributed by atoms with E-state index in [1.54, 1.807) is 25.1 Å². The molecule has 0 spiro atoms. The molecule has 1 heterocycles. The maximum absolute atomic E-state index is 13.0.